The molecule has 0 spiro atoms. The summed E-state index contributed by atoms with van der Waals surface area (Å²) in [7, 11) is 17.8. The number of likely N-dealkylation sites (N-methyl/N-ethyl adjacent to an activating group) is 3. The van der Waals surface area contributed by atoms with Crippen LogP contribution in [-0.4, -0.2) is 243 Å². The number of aliphatic hydroxyl groups excluding tert-OH is 4. The van der Waals surface area contributed by atoms with Crippen LogP contribution in [0.4, 0.5) is 31.8 Å². The number of amides is 4. The fraction of sp³-hybridized carbons (Fsp3) is 0.422. The molecule has 0 saturated carbocycles. The number of carboxylic acids is 1. The number of cyclic esters (lactones) is 1. The number of methoxy groups -OCH3 is 1. The molecule has 126 heavy (non-hydrogen) atoms. The molecule has 3 fully saturated rings. The molecule has 4 aromatic heterocycles. The number of nitrogens with two attached hydrogens (primary N) is 2. The number of esters is 2. The number of ether oxygens (including phenoxy) is 5. The molecular weight excluding hydrogens is 1750 g/mol. The van der Waals surface area contributed by atoms with E-state index >= 15 is 0 Å². The Morgan fingerprint density at radius 2 is 1.34 bits per heavy atom. The SMILES string of the molecule is C.C.CC[C@@]1(OC(=O)N(CCNC)CC(=O)C2SS2)C(=O)OCc2c1cc1n(c2=O)Cc2cc3ccccc3nc2-1.CNCCN(CC(=O)CC1SS1)C(=O)OC(=O)CC[C@@H](NC(=O)c1ccc(N(C)Cc2cnc3nc(N)nc(N)c3n2)cc1)C(=O)O.CNCCN(CC(=O)CC1SS1)C(=O)Oc1cc(C[C@@H](O)c2cc(CO)c(CO)c(CO)c2)ccc1OC. The Balaban J connectivity index is 0.000000213. The first-order chi connectivity index (χ1) is 59.6. The predicted molar refractivity (Wildman–Crippen MR) is 484 cm³/mol. The molecule has 676 valence electrons. The number of carboxylic acid groups (broad SMARTS) is 1. The number of nitrogens with one attached hydrogen (secondary N) is 4. The highest BCUT2D eigenvalue weighted by molar-refractivity contribution is 8.93. The van der Waals surface area contributed by atoms with Gasteiger partial charge in [0.15, 0.2) is 45.8 Å². The Kier molecular flexibility index (Phi) is 36.5. The molecule has 0 radical (unpaired) electrons. The number of benzene rings is 4. The fourth-order valence-corrected chi connectivity index (χ4v) is 17.1. The lowest BCUT2D eigenvalue weighted by Gasteiger charge is -2.37. The van der Waals surface area contributed by atoms with Crippen molar-refractivity contribution in [3.8, 4) is 22.9 Å². The van der Waals surface area contributed by atoms with Crippen LogP contribution in [0, 0.1) is 0 Å². The van der Waals surface area contributed by atoms with Crippen molar-refractivity contribution < 1.29 is 97.2 Å². The first-order valence-electron chi connectivity index (χ1n) is 39.1. The Morgan fingerprint density at radius 1 is 0.722 bits per heavy atom. The van der Waals surface area contributed by atoms with E-state index in [0.717, 1.165) is 27.1 Å². The largest absolute Gasteiger partial charge is 0.493 e. The van der Waals surface area contributed by atoms with E-state index in [2.05, 4.69) is 41.2 Å². The van der Waals surface area contributed by atoms with Gasteiger partial charge >= 0.3 is 36.2 Å². The van der Waals surface area contributed by atoms with Gasteiger partial charge in [0, 0.05) is 99.8 Å². The van der Waals surface area contributed by atoms with Crippen molar-refractivity contribution in [2.24, 2.45) is 0 Å². The summed E-state index contributed by atoms with van der Waals surface area (Å²) < 4.78 is 29.1. The van der Waals surface area contributed by atoms with Gasteiger partial charge in [-0.3, -0.25) is 43.5 Å². The van der Waals surface area contributed by atoms with E-state index in [1.165, 1.54) is 50.6 Å². The van der Waals surface area contributed by atoms with Crippen molar-refractivity contribution in [2.45, 2.75) is 131 Å². The van der Waals surface area contributed by atoms with E-state index in [0.29, 0.717) is 107 Å². The first kappa shape index (κ1) is 99.4. The number of fused-ring (bicyclic) bond motifs is 6. The van der Waals surface area contributed by atoms with Crippen LogP contribution in [-0.2, 0) is 94.5 Å². The van der Waals surface area contributed by atoms with Crippen molar-refractivity contribution >= 4 is 164 Å². The van der Waals surface area contributed by atoms with Gasteiger partial charge in [-0.15, -0.1) is 0 Å². The number of nitrogens with zero attached hydrogens (tertiary/aromatic N) is 10. The minimum Gasteiger partial charge on any atom is -0.493 e. The maximum Gasteiger partial charge on any atom is 0.417 e. The topological polar surface area (TPSA) is 518 Å². The van der Waals surface area contributed by atoms with Crippen LogP contribution < -0.4 is 52.7 Å². The van der Waals surface area contributed by atoms with Crippen LogP contribution in [0.15, 0.2) is 102 Å². The minimum atomic E-state index is -1.83. The van der Waals surface area contributed by atoms with E-state index in [9.17, 15) is 78.3 Å². The minimum absolute atomic E-state index is 0. The molecule has 0 aliphatic carbocycles. The van der Waals surface area contributed by atoms with Gasteiger partial charge < -0.3 is 91.4 Å². The van der Waals surface area contributed by atoms with Crippen molar-refractivity contribution in [1.29, 1.82) is 0 Å². The van der Waals surface area contributed by atoms with Gasteiger partial charge in [-0.1, -0.05) is 123 Å². The van der Waals surface area contributed by atoms with Crippen molar-refractivity contribution in [2.75, 3.05) is 111 Å². The third kappa shape index (κ3) is 25.9. The van der Waals surface area contributed by atoms with E-state index in [-0.39, 0.29) is 171 Å². The first-order valence-corrected chi connectivity index (χ1v) is 45.9. The van der Waals surface area contributed by atoms with Gasteiger partial charge in [-0.25, -0.2) is 38.9 Å². The normalized spacial score (nSPS) is 15.0. The summed E-state index contributed by atoms with van der Waals surface area (Å²) in [6, 6.07) is 24.6. The molecule has 3 saturated heterocycles. The van der Waals surface area contributed by atoms with Crippen molar-refractivity contribution in [1.82, 2.24) is 65.5 Å². The van der Waals surface area contributed by atoms with Gasteiger partial charge in [0.2, 0.25) is 11.5 Å². The van der Waals surface area contributed by atoms with Crippen LogP contribution in [0.5, 0.6) is 11.5 Å². The van der Waals surface area contributed by atoms with E-state index in [1.54, 1.807) is 138 Å². The third-order valence-electron chi connectivity index (χ3n) is 20.2. The number of hydrogen-bond acceptors (Lipinski definition) is 37. The third-order valence-corrected chi connectivity index (χ3v) is 26.7. The van der Waals surface area contributed by atoms with Gasteiger partial charge in [0.05, 0.1) is 109 Å². The highest BCUT2D eigenvalue weighted by Crippen LogP contribution is 2.56. The zero-order chi connectivity index (χ0) is 89.1. The molecule has 4 aromatic carbocycles. The Bertz CT molecular complexity index is 5340. The number of anilines is 3. The van der Waals surface area contributed by atoms with Crippen LogP contribution in [0.3, 0.4) is 0 Å². The van der Waals surface area contributed by atoms with E-state index in [4.69, 9.17) is 40.1 Å². The number of ketones is 3. The number of pyridine rings is 2. The number of hydrogen-bond donors (Lipinski definition) is 11. The van der Waals surface area contributed by atoms with Gasteiger partial charge in [-0.05, 0) is 116 Å². The van der Waals surface area contributed by atoms with Crippen LogP contribution in [0.1, 0.15) is 121 Å². The number of aromatic nitrogens is 6. The van der Waals surface area contributed by atoms with Gasteiger partial charge in [0.25, 0.3) is 11.5 Å². The molecule has 9 heterocycles. The number of aliphatic carboxylic acids is 1. The second-order valence-electron chi connectivity index (χ2n) is 28.8. The van der Waals surface area contributed by atoms with Crippen molar-refractivity contribution in [3.63, 3.8) is 0 Å². The molecule has 0 unspecified atom stereocenters. The van der Waals surface area contributed by atoms with E-state index in [1.807, 2.05) is 35.2 Å². The quantitative estimate of drug-likeness (QED) is 0.00583. The van der Waals surface area contributed by atoms with Gasteiger partial charge in [0.1, 0.15) is 17.2 Å². The van der Waals surface area contributed by atoms with Gasteiger partial charge in [-0.2, -0.15) is 9.97 Å². The number of rotatable bonds is 39. The molecule has 13 rings (SSSR count). The average molecular weight is 1850 g/mol. The highest BCUT2D eigenvalue weighted by atomic mass is 33.2. The number of aliphatic hydroxyl groups is 4. The van der Waals surface area contributed by atoms with E-state index < -0.39 is 66.3 Å². The molecular formula is C83H102N16O21S6. The number of Topliss-reactive ketones (excluding diaryl/α,β-unsaturated/α-hetero) is 3. The van der Waals surface area contributed by atoms with Crippen LogP contribution in [0.2, 0.25) is 0 Å². The molecule has 5 aliphatic rings. The molecule has 0 bridgehead atoms. The monoisotopic (exact) mass is 1850 g/mol. The number of carbonyl (C=O) groups excluding carboxylic acids is 9. The zero-order valence-corrected chi connectivity index (χ0v) is 73.2. The smallest absolute Gasteiger partial charge is 0.417 e. The Morgan fingerprint density at radius 3 is 1.92 bits per heavy atom. The lowest BCUT2D eigenvalue weighted by molar-refractivity contribution is -0.173. The number of nitrogen functional groups attached to an aromatic ring is 2. The maximum atomic E-state index is 13.7. The summed E-state index contributed by atoms with van der Waals surface area (Å²) in [4.78, 5) is 167. The fourth-order valence-electron chi connectivity index (χ4n) is 13.4. The summed E-state index contributed by atoms with van der Waals surface area (Å²) in [6.07, 6.45) is -1.85. The Labute approximate surface area is 749 Å². The second kappa shape index (κ2) is 46.3. The summed E-state index contributed by atoms with van der Waals surface area (Å²) in [5, 5.41) is 61.7. The summed E-state index contributed by atoms with van der Waals surface area (Å²) >= 11 is 0. The standard InChI is InChI=1S/C28H34N10O7S2.C27H26N4O6S2.C26H34N2O8S2.2CH4/c1-31-9-10-38(14-18(39)11-21-46-47-21)28(44)45-20(40)8-7-19(26(42)43)34-25(41)15-3-5-17(6-4-15)37(2)13-16-12-32-24-22(33-16)23(29)35-27(30)36-24;1-3-27(37-26(35)30(9-8-28-2)13-21(32)24-38-39-24)18-11-20-22-16(10-15-6-4-5-7-19(15)29-22)12-31(20)23(33)17(18)14-36-25(27)34;1-27-5-6-28(12-20(32)11-25-37-38-25)26(34)36-24-8-16(3-4-23(24)35-2)7-22(33)17-9-18(13-29)21(15-31)19(10-17)14-30;;/h3-6,12,19,21,31H,7-11,13-14H2,1-2H3,(H,34,41)(H,42,43)(H4,29,30,32,35,36);4-7,10-11,24,28H,3,8-9,12-14H2,1-2H3;3-4,8-10,22,25,27,29-31,33H,5-7,11-15H2,1-2H3;2*1H4/t19-;27-;22-;;/m101../s1. The maximum absolute atomic E-state index is 13.7. The predicted octanol–water partition coefficient (Wildman–Crippen LogP) is 7.51. The molecule has 4 amide bonds. The summed E-state index contributed by atoms with van der Waals surface area (Å²) in [5.41, 5.74) is 17.3. The van der Waals surface area contributed by atoms with Crippen LogP contribution in [0.25, 0.3) is 33.5 Å². The molecule has 43 heteroatoms. The number of para-hydroxylation sites is 1. The summed E-state index contributed by atoms with van der Waals surface area (Å²) in [6.45, 7) is 2.66. The molecule has 8 aromatic rings. The average Bonchev–Trinajstić information content (AvgIpc) is 1.49. The number of carbonyl (C=O) groups is 10. The highest BCUT2D eigenvalue weighted by Gasteiger charge is 2.52. The second-order valence-corrected chi connectivity index (χ2v) is 37.6. The lowest BCUT2D eigenvalue weighted by Crippen LogP contribution is -2.51. The lowest BCUT2D eigenvalue weighted by atomic mass is 9.85. The van der Waals surface area contributed by atoms with Crippen LogP contribution >= 0.6 is 64.8 Å². The zero-order valence-electron chi connectivity index (χ0n) is 68.3. The molecule has 13 N–H and O–H groups in total. The van der Waals surface area contributed by atoms with Crippen molar-refractivity contribution in [3.05, 3.63) is 163 Å². The summed E-state index contributed by atoms with van der Waals surface area (Å²) in [5.74, 6) is -3.47. The molecule has 3 atom stereocenters. The molecule has 5 aliphatic heterocycles. The molecule has 37 nitrogen and oxygen atoms in total. The Hall–Kier alpha value is -10.4.